The van der Waals surface area contributed by atoms with E-state index >= 15 is 0 Å². The first-order valence-corrected chi connectivity index (χ1v) is 8.92. The maximum absolute atomic E-state index is 9.96. The first kappa shape index (κ1) is 16.4. The van der Waals surface area contributed by atoms with E-state index < -0.39 is 10.8 Å². The number of hydrogen-bond acceptors (Lipinski definition) is 2. The van der Waals surface area contributed by atoms with Crippen LogP contribution in [0.5, 0.6) is 0 Å². The highest BCUT2D eigenvalue weighted by atomic mass is 14.7. The van der Waals surface area contributed by atoms with Crippen molar-refractivity contribution in [3.8, 4) is 12.1 Å². The molecule has 2 nitrogen and oxygen atoms in total. The molecule has 0 amide bonds. The highest BCUT2D eigenvalue weighted by Crippen LogP contribution is 2.71. The predicted octanol–water partition coefficient (Wildman–Crippen LogP) is 5.49. The fraction of sp³-hybridized carbons (Fsp3) is 0.250. The number of hydrogen-bond donors (Lipinski definition) is 0. The van der Waals surface area contributed by atoms with Gasteiger partial charge in [-0.1, -0.05) is 86.7 Å². The second-order valence-corrected chi connectivity index (χ2v) is 7.57. The molecular weight excluding hydrogens is 316 g/mol. The molecule has 2 aromatic rings. The smallest absolute Gasteiger partial charge is 0.0950 e. The molecule has 0 saturated carbocycles. The molecule has 0 bridgehead atoms. The van der Waals surface area contributed by atoms with Crippen molar-refractivity contribution in [3.63, 3.8) is 0 Å². The summed E-state index contributed by atoms with van der Waals surface area (Å²) in [5, 5.41) is 19.9. The molecule has 2 aromatic carbocycles. The van der Waals surface area contributed by atoms with Gasteiger partial charge in [-0.15, -0.1) is 0 Å². The Morgan fingerprint density at radius 3 is 1.31 bits per heavy atom. The quantitative estimate of drug-likeness (QED) is 0.727. The summed E-state index contributed by atoms with van der Waals surface area (Å²) in [4.78, 5) is 0. The van der Waals surface area contributed by atoms with Crippen LogP contribution in [-0.4, -0.2) is 0 Å². The second-order valence-electron chi connectivity index (χ2n) is 7.57. The molecule has 0 saturated heterocycles. The minimum Gasteiger partial charge on any atom is -0.193 e. The van der Waals surface area contributed by atoms with Gasteiger partial charge < -0.3 is 0 Å². The Hall–Kier alpha value is -3.10. The number of nitriles is 2. The van der Waals surface area contributed by atoms with Gasteiger partial charge in [0.15, 0.2) is 0 Å². The van der Waals surface area contributed by atoms with Gasteiger partial charge in [0, 0.05) is 33.8 Å². The largest absolute Gasteiger partial charge is 0.193 e. The monoisotopic (exact) mass is 336 g/mol. The summed E-state index contributed by atoms with van der Waals surface area (Å²) in [5.41, 5.74) is 3.00. The zero-order valence-corrected chi connectivity index (χ0v) is 15.0. The highest BCUT2D eigenvalue weighted by Gasteiger charge is 2.64. The van der Waals surface area contributed by atoms with E-state index in [4.69, 9.17) is 0 Å². The lowest BCUT2D eigenvalue weighted by molar-refractivity contribution is 0.171. The number of nitrogens with zero attached hydrogens (tertiary/aromatic N) is 2. The van der Waals surface area contributed by atoms with Gasteiger partial charge in [-0.3, -0.25) is 0 Å². The summed E-state index contributed by atoms with van der Waals surface area (Å²) in [7, 11) is 0. The third-order valence-electron chi connectivity index (χ3n) is 6.67. The van der Waals surface area contributed by atoms with Crippen LogP contribution in [0.2, 0.25) is 0 Å². The summed E-state index contributed by atoms with van der Waals surface area (Å²) in [5.74, 6) is 0.0333. The summed E-state index contributed by atoms with van der Waals surface area (Å²) in [6.07, 6.45) is 4.19. The lowest BCUT2D eigenvalue weighted by atomic mass is 9.56. The average Bonchev–Trinajstić information content (AvgIpc) is 3.06. The SMILES string of the molecule is C[C@]12C(C#N)=C[C@@H](c3ccccc3)[C@@]1(C)C(C#N)=C[C@@H]2c1ccccc1. The maximum Gasteiger partial charge on any atom is 0.0950 e. The molecule has 2 heteroatoms. The van der Waals surface area contributed by atoms with Gasteiger partial charge in [-0.2, -0.15) is 10.5 Å². The normalized spacial score (nSPS) is 32.2. The summed E-state index contributed by atoms with van der Waals surface area (Å²) in [6.45, 7) is 4.31. The minimum absolute atomic E-state index is 0.0166. The predicted molar refractivity (Wildman–Crippen MR) is 102 cm³/mol. The molecule has 0 fully saturated rings. The summed E-state index contributed by atoms with van der Waals surface area (Å²) in [6, 6.07) is 25.4. The van der Waals surface area contributed by atoms with E-state index in [2.05, 4.69) is 62.4 Å². The Kier molecular flexibility index (Phi) is 3.60. The molecule has 0 heterocycles. The zero-order chi connectivity index (χ0) is 18.4. The van der Waals surface area contributed by atoms with E-state index in [1.165, 1.54) is 0 Å². The van der Waals surface area contributed by atoms with Crippen LogP contribution in [0.15, 0.2) is 84.0 Å². The van der Waals surface area contributed by atoms with Gasteiger partial charge >= 0.3 is 0 Å². The van der Waals surface area contributed by atoms with Crippen LogP contribution in [-0.2, 0) is 0 Å². The third-order valence-corrected chi connectivity index (χ3v) is 6.67. The van der Waals surface area contributed by atoms with Crippen LogP contribution in [0.25, 0.3) is 0 Å². The van der Waals surface area contributed by atoms with Crippen LogP contribution < -0.4 is 0 Å². The van der Waals surface area contributed by atoms with E-state index in [1.807, 2.05) is 36.4 Å². The van der Waals surface area contributed by atoms with Crippen molar-refractivity contribution in [2.75, 3.05) is 0 Å². The minimum atomic E-state index is -0.436. The van der Waals surface area contributed by atoms with Crippen LogP contribution in [0, 0.1) is 33.5 Å². The molecule has 0 spiro atoms. The number of fused-ring (bicyclic) bond motifs is 1. The standard InChI is InChI=1S/C24H20N2/c1-23-19(15-25)13-22(18-11-7-4-8-12-18)24(23,2)20(16-26)14-21(23)17-9-5-3-6-10-17/h3-14,21-22H,1-2H3/t21-,22+,23-,24-/m1/s1. The second kappa shape index (κ2) is 5.72. The van der Waals surface area contributed by atoms with Crippen LogP contribution in [0.3, 0.4) is 0 Å². The molecule has 0 aliphatic heterocycles. The summed E-state index contributed by atoms with van der Waals surface area (Å²) < 4.78 is 0. The fourth-order valence-electron chi connectivity index (χ4n) is 5.04. The van der Waals surface area contributed by atoms with Crippen molar-refractivity contribution >= 4 is 0 Å². The van der Waals surface area contributed by atoms with Gasteiger partial charge in [0.25, 0.3) is 0 Å². The lowest BCUT2D eigenvalue weighted by Crippen LogP contribution is -2.39. The van der Waals surface area contributed by atoms with Gasteiger partial charge in [0.1, 0.15) is 0 Å². The Labute approximate surface area is 154 Å². The van der Waals surface area contributed by atoms with Crippen LogP contribution in [0.1, 0.15) is 36.8 Å². The van der Waals surface area contributed by atoms with E-state index in [9.17, 15) is 10.5 Å². The average molecular weight is 336 g/mol. The first-order chi connectivity index (χ1) is 12.6. The number of rotatable bonds is 2. The number of allylic oxidation sites excluding steroid dienone is 4. The van der Waals surface area contributed by atoms with E-state index in [0.29, 0.717) is 0 Å². The molecule has 0 N–H and O–H groups in total. The van der Waals surface area contributed by atoms with Gasteiger partial charge in [-0.05, 0) is 11.1 Å². The zero-order valence-electron chi connectivity index (χ0n) is 15.0. The van der Waals surface area contributed by atoms with Crippen molar-refractivity contribution in [2.45, 2.75) is 25.7 Å². The fourth-order valence-corrected chi connectivity index (χ4v) is 5.04. The molecular formula is C24H20N2. The Morgan fingerprint density at radius 1 is 0.654 bits per heavy atom. The van der Waals surface area contributed by atoms with Gasteiger partial charge in [0.05, 0.1) is 12.1 Å². The van der Waals surface area contributed by atoms with Gasteiger partial charge in [0.2, 0.25) is 0 Å². The molecule has 126 valence electrons. The maximum atomic E-state index is 9.96. The van der Waals surface area contributed by atoms with Gasteiger partial charge in [-0.25, -0.2) is 0 Å². The Balaban J connectivity index is 1.95. The van der Waals surface area contributed by atoms with E-state index in [-0.39, 0.29) is 11.8 Å². The molecule has 2 aliphatic rings. The van der Waals surface area contributed by atoms with Crippen molar-refractivity contribution in [3.05, 3.63) is 95.1 Å². The number of benzene rings is 2. The topological polar surface area (TPSA) is 47.6 Å². The third kappa shape index (κ3) is 1.91. The first-order valence-electron chi connectivity index (χ1n) is 8.92. The molecule has 0 aromatic heterocycles. The van der Waals surface area contributed by atoms with E-state index in [1.54, 1.807) is 0 Å². The van der Waals surface area contributed by atoms with Crippen LogP contribution in [0.4, 0.5) is 0 Å². The molecule has 2 aliphatic carbocycles. The van der Waals surface area contributed by atoms with Crippen molar-refractivity contribution in [1.82, 2.24) is 0 Å². The van der Waals surface area contributed by atoms with E-state index in [0.717, 1.165) is 22.3 Å². The molecule has 0 unspecified atom stereocenters. The molecule has 4 rings (SSSR count). The van der Waals surface area contributed by atoms with Crippen molar-refractivity contribution < 1.29 is 0 Å². The lowest BCUT2D eigenvalue weighted by Gasteiger charge is -2.44. The Morgan fingerprint density at radius 2 is 1.00 bits per heavy atom. The molecule has 0 radical (unpaired) electrons. The van der Waals surface area contributed by atoms with Crippen LogP contribution >= 0.6 is 0 Å². The Bertz CT molecular complexity index is 905. The molecule has 26 heavy (non-hydrogen) atoms. The molecule has 4 atom stereocenters. The highest BCUT2D eigenvalue weighted by molar-refractivity contribution is 5.59. The van der Waals surface area contributed by atoms with Crippen molar-refractivity contribution in [2.24, 2.45) is 10.8 Å². The summed E-state index contributed by atoms with van der Waals surface area (Å²) >= 11 is 0. The van der Waals surface area contributed by atoms with Crippen molar-refractivity contribution in [1.29, 1.82) is 10.5 Å².